The van der Waals surface area contributed by atoms with E-state index in [2.05, 4.69) is 76.8 Å². The SMILES string of the molecule is CC(C)=NOCCCCCOc1c(C(C)C)cc(OCC=C(Br)Br)cc1C(C)C. The molecule has 0 N–H and O–H groups in total. The Hall–Kier alpha value is -1.01. The minimum Gasteiger partial charge on any atom is -0.493 e. The Labute approximate surface area is 193 Å². The monoisotopic (exact) mass is 531 g/mol. The van der Waals surface area contributed by atoms with E-state index >= 15 is 0 Å². The van der Waals surface area contributed by atoms with Crippen LogP contribution in [0.5, 0.6) is 11.5 Å². The number of benzene rings is 1. The molecular formula is C23H35Br2NO3. The van der Waals surface area contributed by atoms with Gasteiger partial charge in [-0.3, -0.25) is 0 Å². The molecule has 6 heteroatoms. The predicted octanol–water partition coefficient (Wildman–Crippen LogP) is 7.90. The van der Waals surface area contributed by atoms with Gasteiger partial charge in [-0.05, 0) is 95.0 Å². The summed E-state index contributed by atoms with van der Waals surface area (Å²) in [7, 11) is 0. The van der Waals surface area contributed by atoms with Gasteiger partial charge < -0.3 is 14.3 Å². The maximum absolute atomic E-state index is 6.28. The third-order valence-corrected chi connectivity index (χ3v) is 4.87. The zero-order chi connectivity index (χ0) is 21.8. The van der Waals surface area contributed by atoms with Crippen molar-refractivity contribution >= 4 is 37.6 Å². The van der Waals surface area contributed by atoms with Crippen molar-refractivity contribution in [2.75, 3.05) is 19.8 Å². The van der Waals surface area contributed by atoms with Crippen molar-refractivity contribution < 1.29 is 14.3 Å². The molecule has 0 saturated carbocycles. The van der Waals surface area contributed by atoms with E-state index in [9.17, 15) is 0 Å². The van der Waals surface area contributed by atoms with Crippen LogP contribution in [-0.2, 0) is 4.84 Å². The second-order valence-corrected chi connectivity index (χ2v) is 10.6. The molecule has 0 aliphatic heterocycles. The molecule has 164 valence electrons. The molecule has 1 aromatic rings. The van der Waals surface area contributed by atoms with E-state index in [1.807, 2.05) is 19.9 Å². The van der Waals surface area contributed by atoms with Crippen LogP contribution in [0.2, 0.25) is 0 Å². The topological polar surface area (TPSA) is 40.0 Å². The zero-order valence-corrected chi connectivity index (χ0v) is 21.7. The summed E-state index contributed by atoms with van der Waals surface area (Å²) in [5.41, 5.74) is 3.34. The van der Waals surface area contributed by atoms with Gasteiger partial charge in [0.15, 0.2) is 0 Å². The van der Waals surface area contributed by atoms with Crippen LogP contribution in [-0.4, -0.2) is 25.5 Å². The van der Waals surface area contributed by atoms with Crippen LogP contribution in [0.1, 0.15) is 83.8 Å². The Morgan fingerprint density at radius 3 is 2.03 bits per heavy atom. The summed E-state index contributed by atoms with van der Waals surface area (Å²) < 4.78 is 13.1. The summed E-state index contributed by atoms with van der Waals surface area (Å²) >= 11 is 6.72. The van der Waals surface area contributed by atoms with E-state index in [1.165, 1.54) is 11.1 Å². The molecule has 0 saturated heterocycles. The Morgan fingerprint density at radius 2 is 1.52 bits per heavy atom. The van der Waals surface area contributed by atoms with E-state index in [1.54, 1.807) is 0 Å². The highest BCUT2D eigenvalue weighted by atomic mass is 79.9. The van der Waals surface area contributed by atoms with Crippen molar-refractivity contribution in [3.8, 4) is 11.5 Å². The van der Waals surface area contributed by atoms with E-state index in [4.69, 9.17) is 14.3 Å². The molecule has 0 fully saturated rings. The van der Waals surface area contributed by atoms with E-state index in [-0.39, 0.29) is 0 Å². The Kier molecular flexibility index (Phi) is 12.6. The first-order chi connectivity index (χ1) is 13.7. The van der Waals surface area contributed by atoms with E-state index in [0.717, 1.165) is 39.9 Å². The quantitative estimate of drug-likeness (QED) is 0.147. The summed E-state index contributed by atoms with van der Waals surface area (Å²) in [6.45, 7) is 14.5. The number of hydrogen-bond donors (Lipinski definition) is 0. The summed E-state index contributed by atoms with van der Waals surface area (Å²) in [6.07, 6.45) is 4.97. The lowest BCUT2D eigenvalue weighted by atomic mass is 9.93. The third-order valence-electron chi connectivity index (χ3n) is 4.23. The lowest BCUT2D eigenvalue weighted by molar-refractivity contribution is 0.138. The molecular weight excluding hydrogens is 498 g/mol. The molecule has 0 unspecified atom stereocenters. The molecule has 0 aliphatic carbocycles. The van der Waals surface area contributed by atoms with Crippen LogP contribution < -0.4 is 9.47 Å². The van der Waals surface area contributed by atoms with Crippen LogP contribution in [0.15, 0.2) is 26.8 Å². The van der Waals surface area contributed by atoms with Gasteiger partial charge in [0.2, 0.25) is 0 Å². The van der Waals surface area contributed by atoms with Crippen molar-refractivity contribution in [1.29, 1.82) is 0 Å². The summed E-state index contributed by atoms with van der Waals surface area (Å²) in [6, 6.07) is 4.22. The van der Waals surface area contributed by atoms with Crippen LogP contribution >= 0.6 is 31.9 Å². The van der Waals surface area contributed by atoms with Crippen LogP contribution in [0, 0.1) is 0 Å². The maximum Gasteiger partial charge on any atom is 0.126 e. The minimum absolute atomic E-state index is 0.355. The van der Waals surface area contributed by atoms with Gasteiger partial charge in [0, 0.05) is 11.1 Å². The van der Waals surface area contributed by atoms with Crippen molar-refractivity contribution in [2.24, 2.45) is 5.16 Å². The van der Waals surface area contributed by atoms with E-state index < -0.39 is 0 Å². The molecule has 0 aliphatic rings. The van der Waals surface area contributed by atoms with Crippen LogP contribution in [0.3, 0.4) is 0 Å². The first kappa shape index (κ1) is 26.0. The number of nitrogens with zero attached hydrogens (tertiary/aromatic N) is 1. The minimum atomic E-state index is 0.355. The highest BCUT2D eigenvalue weighted by Gasteiger charge is 2.18. The molecule has 0 spiro atoms. The number of unbranched alkanes of at least 4 members (excludes halogenated alkanes) is 2. The van der Waals surface area contributed by atoms with Crippen LogP contribution in [0.4, 0.5) is 0 Å². The van der Waals surface area contributed by atoms with Crippen molar-refractivity contribution in [3.63, 3.8) is 0 Å². The van der Waals surface area contributed by atoms with Gasteiger partial charge >= 0.3 is 0 Å². The van der Waals surface area contributed by atoms with Crippen molar-refractivity contribution in [1.82, 2.24) is 0 Å². The Morgan fingerprint density at radius 1 is 0.931 bits per heavy atom. The highest BCUT2D eigenvalue weighted by Crippen LogP contribution is 2.38. The number of halogens is 2. The lowest BCUT2D eigenvalue weighted by Crippen LogP contribution is -2.07. The second kappa shape index (κ2) is 14.1. The molecule has 0 radical (unpaired) electrons. The molecule has 0 atom stereocenters. The molecule has 1 aromatic carbocycles. The smallest absolute Gasteiger partial charge is 0.126 e. The largest absolute Gasteiger partial charge is 0.493 e. The summed E-state index contributed by atoms with van der Waals surface area (Å²) in [5, 5.41) is 3.96. The Balaban J connectivity index is 2.76. The molecule has 29 heavy (non-hydrogen) atoms. The van der Waals surface area contributed by atoms with Gasteiger partial charge in [0.25, 0.3) is 0 Å². The average Bonchev–Trinajstić information content (AvgIpc) is 2.63. The maximum atomic E-state index is 6.28. The lowest BCUT2D eigenvalue weighted by Gasteiger charge is -2.22. The highest BCUT2D eigenvalue weighted by molar-refractivity contribution is 9.28. The third kappa shape index (κ3) is 10.5. The standard InChI is InChI=1S/C23H35Br2NO3/c1-16(2)20-14-19(27-13-10-22(24)25)15-21(17(3)4)23(20)28-11-8-7-9-12-29-26-18(5)6/h10,14-17H,7-9,11-13H2,1-6H3. The first-order valence-corrected chi connectivity index (χ1v) is 11.9. The first-order valence-electron chi connectivity index (χ1n) is 10.3. The molecule has 0 heterocycles. The fourth-order valence-electron chi connectivity index (χ4n) is 2.75. The molecule has 0 amide bonds. The van der Waals surface area contributed by atoms with Crippen molar-refractivity contribution in [2.45, 2.75) is 72.6 Å². The van der Waals surface area contributed by atoms with Gasteiger partial charge in [-0.15, -0.1) is 0 Å². The fourth-order valence-corrected chi connectivity index (χ4v) is 3.01. The van der Waals surface area contributed by atoms with Gasteiger partial charge in [-0.2, -0.15) is 0 Å². The molecule has 0 aromatic heterocycles. The van der Waals surface area contributed by atoms with Gasteiger partial charge in [0.05, 0.1) is 15.7 Å². The summed E-state index contributed by atoms with van der Waals surface area (Å²) in [5.74, 6) is 2.61. The zero-order valence-electron chi connectivity index (χ0n) is 18.6. The average molecular weight is 533 g/mol. The van der Waals surface area contributed by atoms with Crippen LogP contribution in [0.25, 0.3) is 0 Å². The van der Waals surface area contributed by atoms with Crippen molar-refractivity contribution in [3.05, 3.63) is 32.7 Å². The Bertz CT molecular complexity index is 648. The van der Waals surface area contributed by atoms with E-state index in [0.29, 0.717) is 31.7 Å². The van der Waals surface area contributed by atoms with Gasteiger partial charge in [0.1, 0.15) is 24.7 Å². The molecule has 4 nitrogen and oxygen atoms in total. The molecule has 1 rings (SSSR count). The fraction of sp³-hybridized carbons (Fsp3) is 0.609. The normalized spacial score (nSPS) is 10.8. The van der Waals surface area contributed by atoms with Gasteiger partial charge in [-0.1, -0.05) is 32.9 Å². The number of oxime groups is 1. The summed E-state index contributed by atoms with van der Waals surface area (Å²) in [4.78, 5) is 5.24. The van der Waals surface area contributed by atoms with Gasteiger partial charge in [-0.25, -0.2) is 0 Å². The number of ether oxygens (including phenoxy) is 2. The number of rotatable bonds is 13. The number of hydrogen-bond acceptors (Lipinski definition) is 4. The second-order valence-electron chi connectivity index (χ2n) is 7.83. The molecule has 0 bridgehead atoms. The predicted molar refractivity (Wildman–Crippen MR) is 130 cm³/mol.